The second kappa shape index (κ2) is 10.3. The van der Waals surface area contributed by atoms with Gasteiger partial charge in [0.15, 0.2) is 23.2 Å². The number of carbonyl (C=O) groups is 1. The third-order valence-electron chi connectivity index (χ3n) is 4.01. The van der Waals surface area contributed by atoms with Crippen molar-refractivity contribution < 1.29 is 14.3 Å². The lowest BCUT2D eigenvalue weighted by atomic mass is 10.3. The van der Waals surface area contributed by atoms with Crippen LogP contribution in [0.3, 0.4) is 0 Å². The highest BCUT2D eigenvalue weighted by Crippen LogP contribution is 2.29. The van der Waals surface area contributed by atoms with Gasteiger partial charge in [-0.15, -0.1) is 12.4 Å². The summed E-state index contributed by atoms with van der Waals surface area (Å²) < 4.78 is 12.1. The molecule has 0 bridgehead atoms. The van der Waals surface area contributed by atoms with E-state index < -0.39 is 0 Å². The number of hydrogen-bond acceptors (Lipinski definition) is 6. The molecular formula is C20H24ClN3O3S. The monoisotopic (exact) mass is 421 g/mol. The smallest absolute Gasteiger partial charge is 0.266 e. The summed E-state index contributed by atoms with van der Waals surface area (Å²) in [4.78, 5) is 21.3. The number of methoxy groups -OCH3 is 1. The van der Waals surface area contributed by atoms with Crippen LogP contribution in [-0.2, 0) is 4.79 Å². The van der Waals surface area contributed by atoms with Gasteiger partial charge in [-0.2, -0.15) is 0 Å². The van der Waals surface area contributed by atoms with Crippen LogP contribution in [0, 0.1) is 0 Å². The summed E-state index contributed by atoms with van der Waals surface area (Å²) in [5.74, 6) is 1.01. The van der Waals surface area contributed by atoms with E-state index in [1.165, 1.54) is 11.3 Å². The molecule has 2 aromatic carbocycles. The van der Waals surface area contributed by atoms with Crippen molar-refractivity contribution in [3.63, 3.8) is 0 Å². The Morgan fingerprint density at radius 2 is 1.71 bits per heavy atom. The lowest BCUT2D eigenvalue weighted by Gasteiger charge is -2.22. The van der Waals surface area contributed by atoms with Crippen molar-refractivity contribution in [3.05, 3.63) is 48.5 Å². The fraction of sp³-hybridized carbons (Fsp3) is 0.300. The Bertz CT molecular complexity index is 883. The summed E-state index contributed by atoms with van der Waals surface area (Å²) in [5.41, 5.74) is 0.894. The van der Waals surface area contributed by atoms with Gasteiger partial charge in [-0.25, -0.2) is 4.98 Å². The molecule has 1 amide bonds. The number of carbonyl (C=O) groups excluding carboxylic acids is 1. The van der Waals surface area contributed by atoms with E-state index in [9.17, 15) is 4.79 Å². The van der Waals surface area contributed by atoms with Crippen LogP contribution in [-0.4, -0.2) is 56.7 Å². The van der Waals surface area contributed by atoms with Gasteiger partial charge in [-0.3, -0.25) is 9.69 Å². The molecule has 0 aliphatic carbocycles. The first-order valence-electron chi connectivity index (χ1n) is 8.65. The number of benzene rings is 2. The van der Waals surface area contributed by atoms with Crippen molar-refractivity contribution in [1.82, 2.24) is 9.88 Å². The topological polar surface area (TPSA) is 54.9 Å². The van der Waals surface area contributed by atoms with Crippen LogP contribution in [0.4, 0.5) is 5.13 Å². The van der Waals surface area contributed by atoms with Gasteiger partial charge in [0, 0.05) is 13.1 Å². The maximum Gasteiger partial charge on any atom is 0.266 e. The van der Waals surface area contributed by atoms with Crippen LogP contribution >= 0.6 is 23.7 Å². The molecule has 0 saturated heterocycles. The van der Waals surface area contributed by atoms with E-state index in [2.05, 4.69) is 4.98 Å². The zero-order chi connectivity index (χ0) is 19.2. The van der Waals surface area contributed by atoms with E-state index in [1.54, 1.807) is 24.1 Å². The Hall–Kier alpha value is -2.35. The van der Waals surface area contributed by atoms with Gasteiger partial charge in [-0.1, -0.05) is 35.6 Å². The Balaban J connectivity index is 0.00000280. The number of aromatic nitrogens is 1. The number of hydrogen-bond donors (Lipinski definition) is 0. The maximum atomic E-state index is 12.9. The first kappa shape index (κ1) is 21.9. The standard InChI is InChI=1S/C20H23N3O3S.ClH/c1-22(2)12-13-23(20-21-15-8-4-7-11-18(15)27-20)19(24)14-26-17-10-6-5-9-16(17)25-3;/h4-11H,12-14H2,1-3H3;1H. The number of halogens is 1. The molecule has 150 valence electrons. The Morgan fingerprint density at radius 1 is 1.04 bits per heavy atom. The van der Waals surface area contributed by atoms with Gasteiger partial charge in [-0.05, 0) is 38.4 Å². The number of likely N-dealkylation sites (N-methyl/N-ethyl adjacent to an activating group) is 1. The summed E-state index contributed by atoms with van der Waals surface area (Å²) in [6.45, 7) is 1.20. The second-order valence-electron chi connectivity index (χ2n) is 6.25. The van der Waals surface area contributed by atoms with Gasteiger partial charge in [0.05, 0.1) is 17.3 Å². The first-order valence-corrected chi connectivity index (χ1v) is 9.46. The minimum absolute atomic E-state index is 0. The molecule has 0 radical (unpaired) electrons. The van der Waals surface area contributed by atoms with Crippen molar-refractivity contribution in [2.75, 3.05) is 45.8 Å². The maximum absolute atomic E-state index is 12.9. The van der Waals surface area contributed by atoms with Crippen molar-refractivity contribution in [3.8, 4) is 11.5 Å². The number of amides is 1. The Kier molecular flexibility index (Phi) is 8.04. The van der Waals surface area contributed by atoms with E-state index in [4.69, 9.17) is 9.47 Å². The molecule has 0 spiro atoms. The number of para-hydroxylation sites is 3. The van der Waals surface area contributed by atoms with Crippen LogP contribution in [0.1, 0.15) is 0 Å². The molecular weight excluding hydrogens is 398 g/mol. The third-order valence-corrected chi connectivity index (χ3v) is 5.06. The highest BCUT2D eigenvalue weighted by atomic mass is 35.5. The zero-order valence-electron chi connectivity index (χ0n) is 16.1. The molecule has 3 rings (SSSR count). The molecule has 0 N–H and O–H groups in total. The zero-order valence-corrected chi connectivity index (χ0v) is 17.8. The molecule has 3 aromatic rings. The minimum Gasteiger partial charge on any atom is -0.493 e. The summed E-state index contributed by atoms with van der Waals surface area (Å²) in [5, 5.41) is 0.687. The van der Waals surface area contributed by atoms with E-state index in [1.807, 2.05) is 55.4 Å². The van der Waals surface area contributed by atoms with E-state index in [0.29, 0.717) is 23.2 Å². The number of ether oxygens (including phenoxy) is 2. The number of rotatable bonds is 8. The summed E-state index contributed by atoms with van der Waals surface area (Å²) in [6, 6.07) is 15.2. The molecule has 8 heteroatoms. The molecule has 0 atom stereocenters. The van der Waals surface area contributed by atoms with Crippen molar-refractivity contribution in [2.45, 2.75) is 0 Å². The first-order chi connectivity index (χ1) is 13.1. The molecule has 1 aromatic heterocycles. The minimum atomic E-state index is -0.137. The van der Waals surface area contributed by atoms with Gasteiger partial charge >= 0.3 is 0 Å². The van der Waals surface area contributed by atoms with Gasteiger partial charge in [0.25, 0.3) is 5.91 Å². The molecule has 0 aliphatic heterocycles. The van der Waals surface area contributed by atoms with Crippen molar-refractivity contribution in [1.29, 1.82) is 0 Å². The second-order valence-corrected chi connectivity index (χ2v) is 7.26. The lowest BCUT2D eigenvalue weighted by Crippen LogP contribution is -2.39. The average Bonchev–Trinajstić information content (AvgIpc) is 3.10. The number of anilines is 1. The summed E-state index contributed by atoms with van der Waals surface area (Å²) in [7, 11) is 5.53. The number of fused-ring (bicyclic) bond motifs is 1. The highest BCUT2D eigenvalue weighted by Gasteiger charge is 2.21. The van der Waals surface area contributed by atoms with Crippen LogP contribution in [0.15, 0.2) is 48.5 Å². The molecule has 0 saturated carbocycles. The van der Waals surface area contributed by atoms with Crippen LogP contribution in [0.5, 0.6) is 11.5 Å². The molecule has 1 heterocycles. The van der Waals surface area contributed by atoms with Crippen LogP contribution in [0.2, 0.25) is 0 Å². The van der Waals surface area contributed by atoms with E-state index in [0.717, 1.165) is 16.8 Å². The van der Waals surface area contributed by atoms with Gasteiger partial charge in [0.1, 0.15) is 0 Å². The Morgan fingerprint density at radius 3 is 2.39 bits per heavy atom. The number of nitrogens with zero attached hydrogens (tertiary/aromatic N) is 3. The molecule has 0 unspecified atom stereocenters. The number of thiazole rings is 1. The lowest BCUT2D eigenvalue weighted by molar-refractivity contribution is -0.120. The Labute approximate surface area is 175 Å². The quantitative estimate of drug-likeness (QED) is 0.555. The predicted octanol–water partition coefficient (Wildman–Crippen LogP) is 3.70. The van der Waals surface area contributed by atoms with Gasteiger partial charge < -0.3 is 14.4 Å². The van der Waals surface area contributed by atoms with E-state index in [-0.39, 0.29) is 24.9 Å². The van der Waals surface area contributed by atoms with Gasteiger partial charge in [0.2, 0.25) is 0 Å². The summed E-state index contributed by atoms with van der Waals surface area (Å²) >= 11 is 1.51. The van der Waals surface area contributed by atoms with Crippen molar-refractivity contribution in [2.24, 2.45) is 0 Å². The summed E-state index contributed by atoms with van der Waals surface area (Å²) in [6.07, 6.45) is 0. The predicted molar refractivity (Wildman–Crippen MR) is 116 cm³/mol. The molecule has 0 aliphatic rings. The SMILES string of the molecule is COc1ccccc1OCC(=O)N(CCN(C)C)c1nc2ccccc2s1.Cl. The molecule has 0 fully saturated rings. The molecule has 28 heavy (non-hydrogen) atoms. The molecule has 6 nitrogen and oxygen atoms in total. The highest BCUT2D eigenvalue weighted by molar-refractivity contribution is 7.22. The fourth-order valence-corrected chi connectivity index (χ4v) is 3.57. The van der Waals surface area contributed by atoms with E-state index >= 15 is 0 Å². The van der Waals surface area contributed by atoms with Crippen molar-refractivity contribution >= 4 is 45.0 Å². The third kappa shape index (κ3) is 5.34. The largest absolute Gasteiger partial charge is 0.493 e. The fourth-order valence-electron chi connectivity index (χ4n) is 2.56. The average molecular weight is 422 g/mol. The van der Waals surface area contributed by atoms with Crippen LogP contribution < -0.4 is 14.4 Å². The van der Waals surface area contributed by atoms with Crippen LogP contribution in [0.25, 0.3) is 10.2 Å². The normalized spacial score (nSPS) is 10.6.